The van der Waals surface area contributed by atoms with E-state index in [0.29, 0.717) is 0 Å². The van der Waals surface area contributed by atoms with E-state index in [-0.39, 0.29) is 0 Å². The van der Waals surface area contributed by atoms with E-state index in [9.17, 15) is 0 Å². The topological polar surface area (TPSA) is 112 Å². The predicted molar refractivity (Wildman–Crippen MR) is 111 cm³/mol. The second-order valence-corrected chi connectivity index (χ2v) is 6.64. The van der Waals surface area contributed by atoms with E-state index < -0.39 is 11.9 Å². The highest BCUT2D eigenvalue weighted by Crippen LogP contribution is 2.22. The minimum absolute atomic E-state index is 0.888. The lowest BCUT2D eigenvalue weighted by atomic mass is 10.0. The standard InChI is InChI=1S/C20H24N2O.C2H2O4/c1-14-11-20(23-3)15(2)10-17(14)12-21-9-8-16-13-22-19-7-5-4-6-18(16)19;3-1(4)2(5)6/h4-7,10-11,13,21-22H,8-9,12H2,1-3H3;(H,3,4)(H,5,6). The Labute approximate surface area is 169 Å². The van der Waals surface area contributed by atoms with Gasteiger partial charge in [-0.25, -0.2) is 9.59 Å². The largest absolute Gasteiger partial charge is 0.496 e. The maximum atomic E-state index is 9.10. The molecule has 0 fully saturated rings. The molecule has 29 heavy (non-hydrogen) atoms. The zero-order valence-electron chi connectivity index (χ0n) is 16.8. The first-order chi connectivity index (χ1) is 13.8. The number of H-pyrrole nitrogens is 1. The summed E-state index contributed by atoms with van der Waals surface area (Å²) in [6.07, 6.45) is 3.15. The first kappa shape index (κ1) is 22.0. The van der Waals surface area contributed by atoms with Gasteiger partial charge in [0.15, 0.2) is 0 Å². The molecule has 7 nitrogen and oxygen atoms in total. The Hall–Kier alpha value is -3.32. The summed E-state index contributed by atoms with van der Waals surface area (Å²) < 4.78 is 5.37. The molecule has 0 aliphatic heterocycles. The van der Waals surface area contributed by atoms with Gasteiger partial charge in [0.2, 0.25) is 0 Å². The van der Waals surface area contributed by atoms with Gasteiger partial charge in [0.05, 0.1) is 7.11 Å². The van der Waals surface area contributed by atoms with E-state index in [1.807, 2.05) is 0 Å². The van der Waals surface area contributed by atoms with Gasteiger partial charge in [-0.3, -0.25) is 0 Å². The number of hydrogen-bond acceptors (Lipinski definition) is 4. The lowest BCUT2D eigenvalue weighted by Crippen LogP contribution is -2.17. The van der Waals surface area contributed by atoms with Crippen molar-refractivity contribution in [3.05, 3.63) is 64.8 Å². The van der Waals surface area contributed by atoms with Crippen LogP contribution in [-0.4, -0.2) is 40.8 Å². The number of ether oxygens (including phenoxy) is 1. The van der Waals surface area contributed by atoms with E-state index in [4.69, 9.17) is 24.5 Å². The minimum atomic E-state index is -1.82. The Morgan fingerprint density at radius 1 is 1.03 bits per heavy atom. The van der Waals surface area contributed by atoms with E-state index in [2.05, 4.69) is 66.7 Å². The van der Waals surface area contributed by atoms with Crippen molar-refractivity contribution in [1.29, 1.82) is 0 Å². The highest BCUT2D eigenvalue weighted by Gasteiger charge is 2.06. The van der Waals surface area contributed by atoms with Crippen LogP contribution in [0, 0.1) is 13.8 Å². The maximum absolute atomic E-state index is 9.10. The third-order valence-corrected chi connectivity index (χ3v) is 4.60. The van der Waals surface area contributed by atoms with Crippen LogP contribution in [0.1, 0.15) is 22.3 Å². The average Bonchev–Trinajstić information content (AvgIpc) is 3.11. The molecule has 1 heterocycles. The van der Waals surface area contributed by atoms with E-state index >= 15 is 0 Å². The molecule has 0 radical (unpaired) electrons. The number of carbonyl (C=O) groups is 2. The fraction of sp³-hybridized carbons (Fsp3) is 0.273. The van der Waals surface area contributed by atoms with Crippen LogP contribution in [0.2, 0.25) is 0 Å². The summed E-state index contributed by atoms with van der Waals surface area (Å²) in [5, 5.41) is 19.7. The van der Waals surface area contributed by atoms with Crippen molar-refractivity contribution in [3.8, 4) is 5.75 Å². The zero-order valence-corrected chi connectivity index (χ0v) is 16.8. The molecule has 0 saturated carbocycles. The number of hydrogen-bond donors (Lipinski definition) is 4. The fourth-order valence-corrected chi connectivity index (χ4v) is 3.04. The number of aromatic amines is 1. The Morgan fingerprint density at radius 3 is 2.38 bits per heavy atom. The molecule has 0 amide bonds. The van der Waals surface area contributed by atoms with Crippen molar-refractivity contribution in [2.45, 2.75) is 26.8 Å². The van der Waals surface area contributed by atoms with Gasteiger partial charge >= 0.3 is 11.9 Å². The smallest absolute Gasteiger partial charge is 0.414 e. The molecule has 0 saturated heterocycles. The normalized spacial score (nSPS) is 10.3. The lowest BCUT2D eigenvalue weighted by Gasteiger charge is -2.12. The molecule has 0 unspecified atom stereocenters. The number of carboxylic acids is 2. The Kier molecular flexibility index (Phi) is 7.79. The SMILES string of the molecule is COc1cc(C)c(CNCCc2c[nH]c3ccccc23)cc1C.O=C(O)C(=O)O. The van der Waals surface area contributed by atoms with Gasteiger partial charge in [-0.2, -0.15) is 0 Å². The molecule has 3 aromatic rings. The molecule has 1 aromatic heterocycles. The van der Waals surface area contributed by atoms with Crippen LogP contribution in [-0.2, 0) is 22.6 Å². The average molecular weight is 398 g/mol. The van der Waals surface area contributed by atoms with E-state index in [0.717, 1.165) is 25.3 Å². The number of methoxy groups -OCH3 is 1. The molecule has 0 atom stereocenters. The van der Waals surface area contributed by atoms with Crippen LogP contribution in [0.3, 0.4) is 0 Å². The van der Waals surface area contributed by atoms with Crippen molar-refractivity contribution >= 4 is 22.8 Å². The molecular weight excluding hydrogens is 372 g/mol. The third-order valence-electron chi connectivity index (χ3n) is 4.60. The summed E-state index contributed by atoms with van der Waals surface area (Å²) in [6, 6.07) is 12.8. The Morgan fingerprint density at radius 2 is 1.72 bits per heavy atom. The van der Waals surface area contributed by atoms with Crippen LogP contribution in [0.4, 0.5) is 0 Å². The molecule has 0 aliphatic rings. The van der Waals surface area contributed by atoms with Gasteiger partial charge in [-0.1, -0.05) is 24.3 Å². The van der Waals surface area contributed by atoms with Crippen molar-refractivity contribution in [2.24, 2.45) is 0 Å². The molecule has 2 aromatic carbocycles. The van der Waals surface area contributed by atoms with E-state index in [1.54, 1.807) is 7.11 Å². The summed E-state index contributed by atoms with van der Waals surface area (Å²) in [6.45, 7) is 6.08. The van der Waals surface area contributed by atoms with Gasteiger partial charge in [0.25, 0.3) is 0 Å². The summed E-state index contributed by atoms with van der Waals surface area (Å²) in [4.78, 5) is 21.5. The predicted octanol–water partition coefficient (Wildman–Crippen LogP) is 3.28. The number of aliphatic carboxylic acids is 2. The van der Waals surface area contributed by atoms with Crippen molar-refractivity contribution in [3.63, 3.8) is 0 Å². The van der Waals surface area contributed by atoms with E-state index in [1.165, 1.54) is 33.2 Å². The second-order valence-electron chi connectivity index (χ2n) is 6.64. The number of fused-ring (bicyclic) bond motifs is 1. The second kappa shape index (κ2) is 10.3. The highest BCUT2D eigenvalue weighted by molar-refractivity contribution is 6.27. The molecular formula is C22H26N2O5. The summed E-state index contributed by atoms with van der Waals surface area (Å²) in [5.41, 5.74) is 6.38. The Balaban J connectivity index is 0.000000438. The molecule has 0 aliphatic carbocycles. The Bertz CT molecular complexity index is 982. The van der Waals surface area contributed by atoms with Gasteiger partial charge < -0.3 is 25.3 Å². The van der Waals surface area contributed by atoms with Crippen LogP contribution >= 0.6 is 0 Å². The summed E-state index contributed by atoms with van der Waals surface area (Å²) >= 11 is 0. The maximum Gasteiger partial charge on any atom is 0.414 e. The fourth-order valence-electron chi connectivity index (χ4n) is 3.04. The molecule has 7 heteroatoms. The number of aryl methyl sites for hydroxylation is 2. The number of para-hydroxylation sites is 1. The highest BCUT2D eigenvalue weighted by atomic mass is 16.5. The van der Waals surface area contributed by atoms with Crippen LogP contribution in [0.5, 0.6) is 5.75 Å². The van der Waals surface area contributed by atoms with Gasteiger partial charge in [-0.05, 0) is 61.2 Å². The van der Waals surface area contributed by atoms with Gasteiger partial charge in [-0.15, -0.1) is 0 Å². The first-order valence-corrected chi connectivity index (χ1v) is 9.19. The quantitative estimate of drug-likeness (QED) is 0.375. The van der Waals surface area contributed by atoms with Crippen molar-refractivity contribution in [2.75, 3.05) is 13.7 Å². The van der Waals surface area contributed by atoms with Crippen LogP contribution in [0.15, 0.2) is 42.6 Å². The molecule has 154 valence electrons. The monoisotopic (exact) mass is 398 g/mol. The number of rotatable bonds is 6. The number of nitrogens with one attached hydrogen (secondary N) is 2. The molecule has 0 bridgehead atoms. The zero-order chi connectivity index (χ0) is 21.4. The summed E-state index contributed by atoms with van der Waals surface area (Å²) in [5.74, 6) is -2.69. The minimum Gasteiger partial charge on any atom is -0.496 e. The molecule has 4 N–H and O–H groups in total. The first-order valence-electron chi connectivity index (χ1n) is 9.19. The molecule has 0 spiro atoms. The third kappa shape index (κ3) is 6.08. The van der Waals surface area contributed by atoms with Crippen LogP contribution < -0.4 is 10.1 Å². The lowest BCUT2D eigenvalue weighted by molar-refractivity contribution is -0.159. The van der Waals surface area contributed by atoms with Crippen LogP contribution in [0.25, 0.3) is 10.9 Å². The van der Waals surface area contributed by atoms with Gasteiger partial charge in [0, 0.05) is 23.6 Å². The van der Waals surface area contributed by atoms with Crippen molar-refractivity contribution in [1.82, 2.24) is 10.3 Å². The van der Waals surface area contributed by atoms with Crippen molar-refractivity contribution < 1.29 is 24.5 Å². The number of benzene rings is 2. The number of carboxylic acid groups (broad SMARTS) is 2. The number of aromatic nitrogens is 1. The molecule has 3 rings (SSSR count). The summed E-state index contributed by atoms with van der Waals surface area (Å²) in [7, 11) is 1.72. The van der Waals surface area contributed by atoms with Gasteiger partial charge in [0.1, 0.15) is 5.75 Å².